The number of unbranched alkanes of at least 4 members (excludes halogenated alkanes) is 1. The van der Waals surface area contributed by atoms with Crippen LogP contribution < -0.4 is 10.6 Å². The van der Waals surface area contributed by atoms with Gasteiger partial charge in [-0.2, -0.15) is 0 Å². The van der Waals surface area contributed by atoms with Gasteiger partial charge in [0.2, 0.25) is 5.91 Å². The van der Waals surface area contributed by atoms with Crippen LogP contribution >= 0.6 is 0 Å². The van der Waals surface area contributed by atoms with Gasteiger partial charge < -0.3 is 15.4 Å². The van der Waals surface area contributed by atoms with E-state index in [2.05, 4.69) is 17.6 Å². The van der Waals surface area contributed by atoms with Crippen LogP contribution in [0.15, 0.2) is 60.7 Å². The number of ether oxygens (including phenoxy) is 1. The lowest BCUT2D eigenvalue weighted by atomic mass is 10.0. The van der Waals surface area contributed by atoms with Crippen molar-refractivity contribution >= 4 is 11.9 Å². The van der Waals surface area contributed by atoms with Gasteiger partial charge in [0, 0.05) is 6.54 Å². The van der Waals surface area contributed by atoms with E-state index < -0.39 is 18.1 Å². The summed E-state index contributed by atoms with van der Waals surface area (Å²) in [6.07, 6.45) is 2.91. The first-order chi connectivity index (χ1) is 13.6. The molecule has 0 radical (unpaired) electrons. The van der Waals surface area contributed by atoms with E-state index in [0.717, 1.165) is 24.0 Å². The third kappa shape index (κ3) is 7.16. The fourth-order valence-electron chi connectivity index (χ4n) is 3.02. The monoisotopic (exact) mass is 382 g/mol. The minimum Gasteiger partial charge on any atom is -0.467 e. The van der Waals surface area contributed by atoms with Crippen LogP contribution in [-0.4, -0.2) is 31.1 Å². The van der Waals surface area contributed by atoms with E-state index >= 15 is 0 Å². The summed E-state index contributed by atoms with van der Waals surface area (Å²) in [7, 11) is 1.35. The average molecular weight is 383 g/mol. The summed E-state index contributed by atoms with van der Waals surface area (Å²) in [6.45, 7) is 2.62. The molecule has 0 unspecified atom stereocenters. The lowest BCUT2D eigenvalue weighted by Crippen LogP contribution is -2.51. The Morgan fingerprint density at radius 1 is 0.929 bits per heavy atom. The fourth-order valence-corrected chi connectivity index (χ4v) is 3.02. The van der Waals surface area contributed by atoms with Crippen molar-refractivity contribution in [1.29, 1.82) is 0 Å². The number of hydrogen-bond acceptors (Lipinski definition) is 4. The van der Waals surface area contributed by atoms with E-state index in [1.807, 2.05) is 60.7 Å². The third-order valence-corrected chi connectivity index (χ3v) is 4.64. The van der Waals surface area contributed by atoms with Crippen LogP contribution in [0.1, 0.15) is 37.3 Å². The Kier molecular flexibility index (Phi) is 9.22. The predicted molar refractivity (Wildman–Crippen MR) is 111 cm³/mol. The van der Waals surface area contributed by atoms with Crippen LogP contribution in [0.5, 0.6) is 0 Å². The molecule has 1 amide bonds. The molecule has 2 N–H and O–H groups in total. The highest BCUT2D eigenvalue weighted by Gasteiger charge is 2.25. The SMILES string of the molecule is CCCC[C@H](NC(=O)[C@H](Cc1ccccc1)NCc1ccccc1)C(=O)OC. The van der Waals surface area contributed by atoms with Gasteiger partial charge in [-0.3, -0.25) is 4.79 Å². The maximum atomic E-state index is 13.0. The molecule has 2 aromatic rings. The van der Waals surface area contributed by atoms with Gasteiger partial charge in [-0.25, -0.2) is 4.79 Å². The molecule has 0 fully saturated rings. The Hall–Kier alpha value is -2.66. The minimum atomic E-state index is -0.616. The number of benzene rings is 2. The Labute approximate surface area is 167 Å². The number of methoxy groups -OCH3 is 1. The van der Waals surface area contributed by atoms with Crippen molar-refractivity contribution in [2.75, 3.05) is 7.11 Å². The first-order valence-corrected chi connectivity index (χ1v) is 9.83. The summed E-state index contributed by atoms with van der Waals surface area (Å²) in [4.78, 5) is 25.0. The molecule has 2 atom stereocenters. The van der Waals surface area contributed by atoms with Gasteiger partial charge in [-0.15, -0.1) is 0 Å². The van der Waals surface area contributed by atoms with Crippen molar-refractivity contribution in [2.45, 2.75) is 51.2 Å². The van der Waals surface area contributed by atoms with Crippen molar-refractivity contribution in [3.63, 3.8) is 0 Å². The second-order valence-corrected chi connectivity index (χ2v) is 6.84. The predicted octanol–water partition coefficient (Wildman–Crippen LogP) is 3.24. The Morgan fingerprint density at radius 2 is 1.54 bits per heavy atom. The maximum absolute atomic E-state index is 13.0. The summed E-state index contributed by atoms with van der Waals surface area (Å²) < 4.78 is 4.86. The van der Waals surface area contributed by atoms with Gasteiger partial charge in [-0.1, -0.05) is 80.4 Å². The Morgan fingerprint density at radius 3 is 2.11 bits per heavy atom. The van der Waals surface area contributed by atoms with Gasteiger partial charge in [0.15, 0.2) is 0 Å². The second-order valence-electron chi connectivity index (χ2n) is 6.84. The summed E-state index contributed by atoms with van der Waals surface area (Å²) in [5.74, 6) is -0.588. The standard InChI is InChI=1S/C23H30N2O3/c1-3-4-15-20(23(27)28-2)25-22(26)21(16-18-11-7-5-8-12-18)24-17-19-13-9-6-10-14-19/h5-14,20-21,24H,3-4,15-17H2,1-2H3,(H,25,26)/t20-,21-/m0/s1. The molecule has 0 aliphatic rings. The third-order valence-electron chi connectivity index (χ3n) is 4.64. The fraction of sp³-hybridized carbons (Fsp3) is 0.391. The van der Waals surface area contributed by atoms with Crippen LogP contribution in [0.4, 0.5) is 0 Å². The molecule has 150 valence electrons. The highest BCUT2D eigenvalue weighted by Crippen LogP contribution is 2.08. The molecule has 5 heteroatoms. The molecule has 2 rings (SSSR count). The van der Waals surface area contributed by atoms with E-state index in [1.54, 1.807) is 0 Å². The van der Waals surface area contributed by atoms with Gasteiger partial charge in [0.25, 0.3) is 0 Å². The number of rotatable bonds is 11. The van der Waals surface area contributed by atoms with Crippen LogP contribution in [0.2, 0.25) is 0 Å². The van der Waals surface area contributed by atoms with Gasteiger partial charge in [0.05, 0.1) is 13.2 Å². The topological polar surface area (TPSA) is 67.4 Å². The average Bonchev–Trinajstić information content (AvgIpc) is 2.74. The van der Waals surface area contributed by atoms with Crippen LogP contribution in [0, 0.1) is 0 Å². The number of nitrogens with one attached hydrogen (secondary N) is 2. The van der Waals surface area contributed by atoms with Crippen molar-refractivity contribution in [1.82, 2.24) is 10.6 Å². The Balaban J connectivity index is 2.08. The molecule has 0 heterocycles. The zero-order valence-electron chi connectivity index (χ0n) is 16.7. The first kappa shape index (κ1) is 21.6. The molecule has 5 nitrogen and oxygen atoms in total. The first-order valence-electron chi connectivity index (χ1n) is 9.83. The molecule has 0 saturated heterocycles. The van der Waals surface area contributed by atoms with E-state index in [-0.39, 0.29) is 5.91 Å². The van der Waals surface area contributed by atoms with Crippen LogP contribution in [0.25, 0.3) is 0 Å². The lowest BCUT2D eigenvalue weighted by Gasteiger charge is -2.22. The molecule has 28 heavy (non-hydrogen) atoms. The molecule has 2 aromatic carbocycles. The largest absolute Gasteiger partial charge is 0.467 e. The second kappa shape index (κ2) is 11.9. The molecule has 0 spiro atoms. The van der Waals surface area contributed by atoms with Crippen molar-refractivity contribution < 1.29 is 14.3 Å². The zero-order chi connectivity index (χ0) is 20.2. The lowest BCUT2D eigenvalue weighted by molar-refractivity contribution is -0.145. The molecular formula is C23H30N2O3. The zero-order valence-corrected chi connectivity index (χ0v) is 16.7. The minimum absolute atomic E-state index is 0.189. The summed E-state index contributed by atoms with van der Waals surface area (Å²) in [5.41, 5.74) is 2.16. The van der Waals surface area contributed by atoms with E-state index in [9.17, 15) is 9.59 Å². The smallest absolute Gasteiger partial charge is 0.328 e. The van der Waals surface area contributed by atoms with E-state index in [0.29, 0.717) is 19.4 Å². The van der Waals surface area contributed by atoms with Gasteiger partial charge in [0.1, 0.15) is 6.04 Å². The van der Waals surface area contributed by atoms with Gasteiger partial charge >= 0.3 is 5.97 Å². The summed E-state index contributed by atoms with van der Waals surface area (Å²) in [5, 5.41) is 6.22. The molecule has 0 aliphatic carbocycles. The number of esters is 1. The molecule has 0 aliphatic heterocycles. The molecule has 0 aromatic heterocycles. The normalized spacial score (nSPS) is 12.8. The molecular weight excluding hydrogens is 352 g/mol. The number of carbonyl (C=O) groups excluding carboxylic acids is 2. The van der Waals surface area contributed by atoms with Gasteiger partial charge in [-0.05, 0) is 24.0 Å². The molecule has 0 bridgehead atoms. The van der Waals surface area contributed by atoms with Crippen molar-refractivity contribution in [2.24, 2.45) is 0 Å². The maximum Gasteiger partial charge on any atom is 0.328 e. The number of carbonyl (C=O) groups is 2. The number of amides is 1. The van der Waals surface area contributed by atoms with Crippen LogP contribution in [-0.2, 0) is 27.3 Å². The summed E-state index contributed by atoms with van der Waals surface area (Å²) in [6, 6.07) is 18.7. The number of hydrogen-bond donors (Lipinski definition) is 2. The highest BCUT2D eigenvalue weighted by molar-refractivity contribution is 5.87. The van der Waals surface area contributed by atoms with E-state index in [1.165, 1.54) is 7.11 Å². The quantitative estimate of drug-likeness (QED) is 0.586. The Bertz CT molecular complexity index is 719. The summed E-state index contributed by atoms with van der Waals surface area (Å²) >= 11 is 0. The van der Waals surface area contributed by atoms with Crippen molar-refractivity contribution in [3.8, 4) is 0 Å². The van der Waals surface area contributed by atoms with E-state index in [4.69, 9.17) is 4.74 Å². The van der Waals surface area contributed by atoms with Crippen molar-refractivity contribution in [3.05, 3.63) is 71.8 Å². The highest BCUT2D eigenvalue weighted by atomic mass is 16.5. The van der Waals surface area contributed by atoms with Crippen LogP contribution in [0.3, 0.4) is 0 Å². The molecule has 0 saturated carbocycles.